The number of piperidine rings is 1. The van der Waals surface area contributed by atoms with Gasteiger partial charge in [0.25, 0.3) is 5.91 Å². The smallest absolute Gasteiger partial charge is 0.253 e. The van der Waals surface area contributed by atoms with Crippen LogP contribution in [0.4, 0.5) is 0 Å². The maximum absolute atomic E-state index is 12.2. The van der Waals surface area contributed by atoms with Gasteiger partial charge >= 0.3 is 0 Å². The van der Waals surface area contributed by atoms with E-state index < -0.39 is 0 Å². The number of aromatic hydroxyl groups is 1. The molecule has 1 fully saturated rings. The molecule has 0 unspecified atom stereocenters. The molecule has 1 N–H and O–H groups in total. The summed E-state index contributed by atoms with van der Waals surface area (Å²) in [6.07, 6.45) is 2.00. The van der Waals surface area contributed by atoms with Crippen molar-refractivity contribution in [1.82, 2.24) is 4.90 Å². The number of ether oxygens (including phenoxy) is 1. The van der Waals surface area contributed by atoms with Crippen molar-refractivity contribution in [2.75, 3.05) is 26.8 Å². The highest BCUT2D eigenvalue weighted by Crippen LogP contribution is 2.20. The molecule has 1 aromatic rings. The molecule has 1 saturated heterocycles. The number of hydrogen-bond acceptors (Lipinski definition) is 3. The number of carbonyl (C=O) groups is 1. The normalized spacial score (nSPS) is 16.8. The first-order valence-corrected chi connectivity index (χ1v) is 6.28. The summed E-state index contributed by atoms with van der Waals surface area (Å²) in [6.45, 7) is 2.35. The van der Waals surface area contributed by atoms with Crippen molar-refractivity contribution in [3.8, 4) is 5.75 Å². The van der Waals surface area contributed by atoms with E-state index >= 15 is 0 Å². The maximum atomic E-state index is 12.2. The second kappa shape index (κ2) is 5.87. The summed E-state index contributed by atoms with van der Waals surface area (Å²) in [5.74, 6) is 0.801. The van der Waals surface area contributed by atoms with Gasteiger partial charge in [0.15, 0.2) is 0 Å². The van der Waals surface area contributed by atoms with Crippen LogP contribution in [0.1, 0.15) is 23.2 Å². The van der Waals surface area contributed by atoms with Gasteiger partial charge in [-0.05, 0) is 43.0 Å². The Kier molecular flexibility index (Phi) is 4.20. The van der Waals surface area contributed by atoms with Crippen LogP contribution in [0.2, 0.25) is 0 Å². The molecule has 1 aliphatic rings. The molecule has 1 aliphatic heterocycles. The van der Waals surface area contributed by atoms with Crippen molar-refractivity contribution in [2.24, 2.45) is 5.92 Å². The fourth-order valence-electron chi connectivity index (χ4n) is 2.33. The lowest BCUT2D eigenvalue weighted by molar-refractivity contribution is 0.0613. The van der Waals surface area contributed by atoms with E-state index in [-0.39, 0.29) is 11.7 Å². The van der Waals surface area contributed by atoms with Crippen molar-refractivity contribution in [3.05, 3.63) is 29.8 Å². The molecule has 2 rings (SSSR count). The number of hydrogen-bond donors (Lipinski definition) is 1. The summed E-state index contributed by atoms with van der Waals surface area (Å²) in [5.41, 5.74) is 0.637. The number of phenolic OH excluding ortho intramolecular Hbond substituents is 1. The quantitative estimate of drug-likeness (QED) is 0.890. The van der Waals surface area contributed by atoms with Crippen molar-refractivity contribution >= 4 is 5.91 Å². The van der Waals surface area contributed by atoms with Crippen molar-refractivity contribution < 1.29 is 14.6 Å². The third-order valence-electron chi connectivity index (χ3n) is 3.42. The lowest BCUT2D eigenvalue weighted by Crippen LogP contribution is -2.39. The number of rotatable bonds is 3. The lowest BCUT2D eigenvalue weighted by atomic mass is 9.97. The molecule has 0 spiro atoms. The zero-order valence-electron chi connectivity index (χ0n) is 10.6. The highest BCUT2D eigenvalue weighted by molar-refractivity contribution is 5.94. The molecule has 98 valence electrons. The van der Waals surface area contributed by atoms with Crippen molar-refractivity contribution in [1.29, 1.82) is 0 Å². The SMILES string of the molecule is COCC1CCN(C(=O)c2ccc(O)cc2)CC1. The minimum Gasteiger partial charge on any atom is -0.508 e. The molecular weight excluding hydrogens is 230 g/mol. The molecule has 4 heteroatoms. The average Bonchev–Trinajstić information content (AvgIpc) is 2.40. The van der Waals surface area contributed by atoms with E-state index in [1.54, 1.807) is 31.4 Å². The summed E-state index contributed by atoms with van der Waals surface area (Å²) in [7, 11) is 1.72. The number of likely N-dealkylation sites (tertiary alicyclic amines) is 1. The second-order valence-electron chi connectivity index (χ2n) is 4.74. The van der Waals surface area contributed by atoms with Crippen LogP contribution in [0.25, 0.3) is 0 Å². The van der Waals surface area contributed by atoms with Gasteiger partial charge in [-0.2, -0.15) is 0 Å². The zero-order chi connectivity index (χ0) is 13.0. The standard InChI is InChI=1S/C14H19NO3/c1-18-10-11-6-8-15(9-7-11)14(17)12-2-4-13(16)5-3-12/h2-5,11,16H,6-10H2,1H3. The first kappa shape index (κ1) is 12.9. The molecule has 0 radical (unpaired) electrons. The van der Waals surface area contributed by atoms with Gasteiger partial charge in [-0.25, -0.2) is 0 Å². The number of benzene rings is 1. The lowest BCUT2D eigenvalue weighted by Gasteiger charge is -2.31. The van der Waals surface area contributed by atoms with Gasteiger partial charge in [-0.1, -0.05) is 0 Å². The molecule has 4 nitrogen and oxygen atoms in total. The predicted octanol–water partition coefficient (Wildman–Crippen LogP) is 1.89. The number of phenols is 1. The summed E-state index contributed by atoms with van der Waals surface area (Å²) in [5, 5.41) is 9.20. The summed E-state index contributed by atoms with van der Waals surface area (Å²) < 4.78 is 5.14. The Bertz CT molecular complexity index is 394. The molecule has 0 bridgehead atoms. The highest BCUT2D eigenvalue weighted by Gasteiger charge is 2.23. The largest absolute Gasteiger partial charge is 0.508 e. The van der Waals surface area contributed by atoms with Crippen LogP contribution in [0, 0.1) is 5.92 Å². The second-order valence-corrected chi connectivity index (χ2v) is 4.74. The van der Waals surface area contributed by atoms with Crippen LogP contribution in [0.15, 0.2) is 24.3 Å². The fourth-order valence-corrected chi connectivity index (χ4v) is 2.33. The van der Waals surface area contributed by atoms with Gasteiger partial charge in [-0.15, -0.1) is 0 Å². The molecule has 18 heavy (non-hydrogen) atoms. The summed E-state index contributed by atoms with van der Waals surface area (Å²) in [4.78, 5) is 14.1. The monoisotopic (exact) mass is 249 g/mol. The Morgan fingerprint density at radius 1 is 1.33 bits per heavy atom. The van der Waals surface area contributed by atoms with Gasteiger partial charge in [0.1, 0.15) is 5.75 Å². The van der Waals surface area contributed by atoms with E-state index in [0.717, 1.165) is 32.5 Å². The number of carbonyl (C=O) groups excluding carboxylic acids is 1. The zero-order valence-corrected chi connectivity index (χ0v) is 10.6. The van der Waals surface area contributed by atoms with Crippen LogP contribution >= 0.6 is 0 Å². The molecule has 1 aromatic carbocycles. The van der Waals surface area contributed by atoms with Gasteiger partial charge in [-0.3, -0.25) is 4.79 Å². The number of methoxy groups -OCH3 is 1. The predicted molar refractivity (Wildman–Crippen MR) is 68.6 cm³/mol. The summed E-state index contributed by atoms with van der Waals surface area (Å²) in [6, 6.07) is 6.42. The molecule has 0 aliphatic carbocycles. The Morgan fingerprint density at radius 3 is 2.50 bits per heavy atom. The van der Waals surface area contributed by atoms with Crippen LogP contribution < -0.4 is 0 Å². The molecule has 0 saturated carbocycles. The fraction of sp³-hybridized carbons (Fsp3) is 0.500. The van der Waals surface area contributed by atoms with E-state index in [0.29, 0.717) is 11.5 Å². The average molecular weight is 249 g/mol. The van der Waals surface area contributed by atoms with Crippen molar-refractivity contribution in [2.45, 2.75) is 12.8 Å². The summed E-state index contributed by atoms with van der Waals surface area (Å²) >= 11 is 0. The Morgan fingerprint density at radius 2 is 1.94 bits per heavy atom. The van der Waals surface area contributed by atoms with E-state index in [1.165, 1.54) is 0 Å². The van der Waals surface area contributed by atoms with Crippen molar-refractivity contribution in [3.63, 3.8) is 0 Å². The van der Waals surface area contributed by atoms with Gasteiger partial charge in [0.2, 0.25) is 0 Å². The molecular formula is C14H19NO3. The van der Waals surface area contributed by atoms with E-state index in [9.17, 15) is 9.90 Å². The van der Waals surface area contributed by atoms with Gasteiger partial charge in [0, 0.05) is 32.4 Å². The molecule has 1 heterocycles. The van der Waals surface area contributed by atoms with E-state index in [2.05, 4.69) is 0 Å². The van der Waals surface area contributed by atoms with Gasteiger partial charge < -0.3 is 14.7 Å². The maximum Gasteiger partial charge on any atom is 0.253 e. The van der Waals surface area contributed by atoms with E-state index in [1.807, 2.05) is 4.90 Å². The molecule has 0 atom stereocenters. The Labute approximate surface area is 107 Å². The number of amides is 1. The minimum absolute atomic E-state index is 0.0471. The first-order chi connectivity index (χ1) is 8.70. The molecule has 0 aromatic heterocycles. The minimum atomic E-state index is 0.0471. The van der Waals surface area contributed by atoms with Crippen LogP contribution in [-0.2, 0) is 4.74 Å². The Balaban J connectivity index is 1.93. The van der Waals surface area contributed by atoms with Crippen LogP contribution in [0.5, 0.6) is 5.75 Å². The highest BCUT2D eigenvalue weighted by atomic mass is 16.5. The van der Waals surface area contributed by atoms with Gasteiger partial charge in [0.05, 0.1) is 0 Å². The molecule has 1 amide bonds. The van der Waals surface area contributed by atoms with Crippen LogP contribution in [0.3, 0.4) is 0 Å². The van der Waals surface area contributed by atoms with Crippen LogP contribution in [-0.4, -0.2) is 42.7 Å². The third-order valence-corrected chi connectivity index (χ3v) is 3.42. The third kappa shape index (κ3) is 3.01. The first-order valence-electron chi connectivity index (χ1n) is 6.28. The Hall–Kier alpha value is -1.55. The number of nitrogens with zero attached hydrogens (tertiary/aromatic N) is 1. The topological polar surface area (TPSA) is 49.8 Å². The van der Waals surface area contributed by atoms with E-state index in [4.69, 9.17) is 4.74 Å².